The lowest BCUT2D eigenvalue weighted by atomic mass is 10.2. The van der Waals surface area contributed by atoms with Gasteiger partial charge in [0.05, 0.1) is 19.4 Å². The van der Waals surface area contributed by atoms with Gasteiger partial charge in [-0.05, 0) is 24.3 Å². The van der Waals surface area contributed by atoms with Crippen molar-refractivity contribution in [2.24, 2.45) is 0 Å². The molecule has 0 spiro atoms. The predicted molar refractivity (Wildman–Crippen MR) is 92.0 cm³/mol. The molecule has 0 saturated carbocycles. The summed E-state index contributed by atoms with van der Waals surface area (Å²) >= 11 is 0. The molecular formula is C17H17N5O4. The number of furan rings is 1. The van der Waals surface area contributed by atoms with E-state index in [9.17, 15) is 9.59 Å². The van der Waals surface area contributed by atoms with Crippen molar-refractivity contribution in [3.63, 3.8) is 0 Å². The normalized spacial score (nSPS) is 10.3. The van der Waals surface area contributed by atoms with Crippen LogP contribution in [-0.2, 0) is 11.3 Å². The highest BCUT2D eigenvalue weighted by atomic mass is 16.5. The van der Waals surface area contributed by atoms with Crippen molar-refractivity contribution in [3.8, 4) is 11.4 Å². The highest BCUT2D eigenvalue weighted by Crippen LogP contribution is 2.19. The van der Waals surface area contributed by atoms with E-state index in [2.05, 4.69) is 26.1 Å². The van der Waals surface area contributed by atoms with Gasteiger partial charge in [-0.3, -0.25) is 4.79 Å². The van der Waals surface area contributed by atoms with E-state index >= 15 is 0 Å². The average Bonchev–Trinajstić information content (AvgIpc) is 3.30. The van der Waals surface area contributed by atoms with Crippen LogP contribution in [0.25, 0.3) is 11.4 Å². The van der Waals surface area contributed by atoms with Crippen LogP contribution in [0.15, 0.2) is 51.6 Å². The van der Waals surface area contributed by atoms with Crippen molar-refractivity contribution in [3.05, 3.63) is 54.3 Å². The van der Waals surface area contributed by atoms with Crippen LogP contribution in [0.1, 0.15) is 11.7 Å². The molecule has 0 aliphatic heterocycles. The van der Waals surface area contributed by atoms with Gasteiger partial charge in [0, 0.05) is 18.2 Å². The topological polar surface area (TPSA) is 122 Å². The maximum Gasteiger partial charge on any atom is 0.319 e. The van der Waals surface area contributed by atoms with Gasteiger partial charge in [0.25, 0.3) is 0 Å². The SMILES string of the molecule is Cc1nc(-c2cccc(NC(=O)NCC(=O)NCc3ccco3)c2)no1. The molecule has 0 atom stereocenters. The van der Waals surface area contributed by atoms with Gasteiger partial charge in [-0.1, -0.05) is 17.3 Å². The lowest BCUT2D eigenvalue weighted by Gasteiger charge is -2.08. The molecule has 9 nitrogen and oxygen atoms in total. The number of anilines is 1. The second-order valence-electron chi connectivity index (χ2n) is 5.38. The Morgan fingerprint density at radius 2 is 2.04 bits per heavy atom. The first-order chi connectivity index (χ1) is 12.6. The summed E-state index contributed by atoms with van der Waals surface area (Å²) in [6.45, 7) is 1.81. The minimum absolute atomic E-state index is 0.156. The quantitative estimate of drug-likeness (QED) is 0.622. The van der Waals surface area contributed by atoms with Crippen LogP contribution in [0.4, 0.5) is 10.5 Å². The monoisotopic (exact) mass is 355 g/mol. The summed E-state index contributed by atoms with van der Waals surface area (Å²) in [4.78, 5) is 27.8. The number of hydrogen-bond donors (Lipinski definition) is 3. The van der Waals surface area contributed by atoms with Gasteiger partial charge in [0.15, 0.2) is 0 Å². The first-order valence-corrected chi connectivity index (χ1v) is 7.85. The van der Waals surface area contributed by atoms with Crippen LogP contribution in [0.2, 0.25) is 0 Å². The molecule has 2 aromatic heterocycles. The van der Waals surface area contributed by atoms with Gasteiger partial charge in [-0.2, -0.15) is 4.98 Å². The van der Waals surface area contributed by atoms with E-state index in [1.807, 2.05) is 0 Å². The fourth-order valence-corrected chi connectivity index (χ4v) is 2.15. The number of hydrogen-bond acceptors (Lipinski definition) is 6. The van der Waals surface area contributed by atoms with Crippen molar-refractivity contribution in [2.75, 3.05) is 11.9 Å². The summed E-state index contributed by atoms with van der Waals surface area (Å²) in [5, 5.41) is 11.6. The van der Waals surface area contributed by atoms with Crippen molar-refractivity contribution >= 4 is 17.6 Å². The molecule has 0 aliphatic carbocycles. The number of aromatic nitrogens is 2. The molecule has 0 radical (unpaired) electrons. The zero-order valence-electron chi connectivity index (χ0n) is 14.0. The first kappa shape index (κ1) is 17.2. The lowest BCUT2D eigenvalue weighted by molar-refractivity contribution is -0.120. The van der Waals surface area contributed by atoms with E-state index in [-0.39, 0.29) is 19.0 Å². The number of carbonyl (C=O) groups excluding carboxylic acids is 2. The molecule has 26 heavy (non-hydrogen) atoms. The van der Waals surface area contributed by atoms with Crippen LogP contribution in [0.3, 0.4) is 0 Å². The Bertz CT molecular complexity index is 888. The van der Waals surface area contributed by atoms with Gasteiger partial charge in [0.1, 0.15) is 5.76 Å². The highest BCUT2D eigenvalue weighted by molar-refractivity contribution is 5.92. The van der Waals surface area contributed by atoms with Gasteiger partial charge in [0.2, 0.25) is 17.6 Å². The van der Waals surface area contributed by atoms with Gasteiger partial charge in [-0.15, -0.1) is 0 Å². The number of amides is 3. The molecular weight excluding hydrogens is 338 g/mol. The number of nitrogens with zero attached hydrogens (tertiary/aromatic N) is 2. The van der Waals surface area contributed by atoms with Crippen molar-refractivity contribution < 1.29 is 18.5 Å². The Kier molecular flexibility index (Phi) is 5.28. The minimum Gasteiger partial charge on any atom is -0.467 e. The van der Waals surface area contributed by atoms with E-state index in [4.69, 9.17) is 8.94 Å². The van der Waals surface area contributed by atoms with E-state index in [0.29, 0.717) is 28.7 Å². The number of rotatable bonds is 6. The molecule has 1 aromatic carbocycles. The third-order valence-corrected chi connectivity index (χ3v) is 3.36. The molecule has 0 unspecified atom stereocenters. The summed E-state index contributed by atoms with van der Waals surface area (Å²) in [7, 11) is 0. The summed E-state index contributed by atoms with van der Waals surface area (Å²) in [6, 6.07) is 9.96. The number of urea groups is 1. The van der Waals surface area contributed by atoms with Crippen molar-refractivity contribution in [2.45, 2.75) is 13.5 Å². The minimum atomic E-state index is -0.500. The molecule has 0 aliphatic rings. The summed E-state index contributed by atoms with van der Waals surface area (Å²) in [5.74, 6) is 1.20. The molecule has 2 heterocycles. The maximum absolute atomic E-state index is 11.9. The van der Waals surface area contributed by atoms with Crippen molar-refractivity contribution in [1.82, 2.24) is 20.8 Å². The molecule has 9 heteroatoms. The molecule has 0 fully saturated rings. The van der Waals surface area contributed by atoms with Crippen LogP contribution >= 0.6 is 0 Å². The maximum atomic E-state index is 11.9. The summed E-state index contributed by atoms with van der Waals surface area (Å²) in [5.41, 5.74) is 1.24. The summed E-state index contributed by atoms with van der Waals surface area (Å²) in [6.07, 6.45) is 1.52. The molecule has 3 aromatic rings. The standard InChI is InChI=1S/C17H17N5O4/c1-11-20-16(22-26-11)12-4-2-5-13(8-12)21-17(24)19-10-15(23)18-9-14-6-3-7-25-14/h2-8H,9-10H2,1H3,(H,18,23)(H2,19,21,24). The fourth-order valence-electron chi connectivity index (χ4n) is 2.15. The third-order valence-electron chi connectivity index (χ3n) is 3.36. The first-order valence-electron chi connectivity index (χ1n) is 7.85. The van der Waals surface area contributed by atoms with Gasteiger partial charge >= 0.3 is 6.03 Å². The van der Waals surface area contributed by atoms with Crippen LogP contribution in [0, 0.1) is 6.92 Å². The molecule has 0 saturated heterocycles. The van der Waals surface area contributed by atoms with E-state index < -0.39 is 6.03 Å². The fraction of sp³-hybridized carbons (Fsp3) is 0.176. The molecule has 3 N–H and O–H groups in total. The largest absolute Gasteiger partial charge is 0.467 e. The van der Waals surface area contributed by atoms with Gasteiger partial charge in [-0.25, -0.2) is 4.79 Å². The van der Waals surface area contributed by atoms with E-state index in [0.717, 1.165) is 0 Å². The van der Waals surface area contributed by atoms with E-state index in [1.54, 1.807) is 43.3 Å². The molecule has 0 bridgehead atoms. The van der Waals surface area contributed by atoms with Gasteiger partial charge < -0.3 is 24.9 Å². The van der Waals surface area contributed by atoms with Crippen molar-refractivity contribution in [1.29, 1.82) is 0 Å². The Balaban J connectivity index is 1.48. The number of nitrogens with one attached hydrogen (secondary N) is 3. The zero-order chi connectivity index (χ0) is 18.4. The predicted octanol–water partition coefficient (Wildman–Crippen LogP) is 2.08. The highest BCUT2D eigenvalue weighted by Gasteiger charge is 2.09. The zero-order valence-corrected chi connectivity index (χ0v) is 14.0. The Morgan fingerprint density at radius 1 is 1.15 bits per heavy atom. The number of aryl methyl sites for hydroxylation is 1. The lowest BCUT2D eigenvalue weighted by Crippen LogP contribution is -2.38. The molecule has 3 amide bonds. The summed E-state index contributed by atoms with van der Waals surface area (Å²) < 4.78 is 10.0. The second-order valence-corrected chi connectivity index (χ2v) is 5.38. The Labute approximate surface area is 148 Å². The van der Waals surface area contributed by atoms with E-state index in [1.165, 1.54) is 6.26 Å². The molecule has 3 rings (SSSR count). The average molecular weight is 355 g/mol. The molecule has 134 valence electrons. The van der Waals surface area contributed by atoms with Crippen LogP contribution < -0.4 is 16.0 Å². The smallest absolute Gasteiger partial charge is 0.319 e. The van der Waals surface area contributed by atoms with Crippen LogP contribution in [0.5, 0.6) is 0 Å². The third kappa shape index (κ3) is 4.69. The Morgan fingerprint density at radius 3 is 2.77 bits per heavy atom. The Hall–Kier alpha value is -3.62. The van der Waals surface area contributed by atoms with Crippen LogP contribution in [-0.4, -0.2) is 28.6 Å². The second kappa shape index (κ2) is 7.97. The number of benzene rings is 1. The number of carbonyl (C=O) groups is 2.